The lowest BCUT2D eigenvalue weighted by Gasteiger charge is -2.34. The van der Waals surface area contributed by atoms with Crippen molar-refractivity contribution in [2.24, 2.45) is 5.41 Å². The van der Waals surface area contributed by atoms with Crippen molar-refractivity contribution < 1.29 is 32.7 Å². The first-order chi connectivity index (χ1) is 15.7. The van der Waals surface area contributed by atoms with Gasteiger partial charge in [-0.05, 0) is 17.5 Å². The number of ketones is 1. The van der Waals surface area contributed by atoms with Crippen molar-refractivity contribution >= 4 is 17.6 Å². The average molecular weight is 481 g/mol. The Morgan fingerprint density at radius 1 is 1.21 bits per heavy atom. The summed E-state index contributed by atoms with van der Waals surface area (Å²) in [5, 5.41) is 20.3. The Balaban J connectivity index is 1.93. The normalized spacial score (nSPS) is 19.7. The van der Waals surface area contributed by atoms with E-state index in [1.165, 1.54) is 28.9 Å². The highest BCUT2D eigenvalue weighted by atomic mass is 19.4. The van der Waals surface area contributed by atoms with E-state index in [9.17, 15) is 32.7 Å². The van der Waals surface area contributed by atoms with Gasteiger partial charge in [-0.1, -0.05) is 38.1 Å². The summed E-state index contributed by atoms with van der Waals surface area (Å²) in [6.45, 7) is 5.22. The lowest BCUT2D eigenvalue weighted by Crippen LogP contribution is -2.49. The number of alkyl halides is 3. The number of nitrogens with zero attached hydrogens (tertiary/aromatic N) is 4. The van der Waals surface area contributed by atoms with Crippen LogP contribution in [0, 0.1) is 5.41 Å². The van der Waals surface area contributed by atoms with Crippen LogP contribution in [0.25, 0.3) is 0 Å². The number of likely N-dealkylation sites (tertiary alicyclic amines) is 1. The fourth-order valence-electron chi connectivity index (χ4n) is 4.00. The Labute approximate surface area is 193 Å². The number of rotatable bonds is 5. The molecule has 0 bridgehead atoms. The monoisotopic (exact) mass is 481 g/mol. The topological polar surface area (TPSA) is 117 Å². The Kier molecular flexibility index (Phi) is 6.83. The first kappa shape index (κ1) is 25.3. The molecule has 12 heteroatoms. The molecule has 1 aliphatic rings. The second-order valence-corrected chi connectivity index (χ2v) is 9.27. The quantitative estimate of drug-likeness (QED) is 0.630. The molecule has 1 fully saturated rings. The molecular weight excluding hydrogens is 455 g/mol. The minimum absolute atomic E-state index is 0.0474. The van der Waals surface area contributed by atoms with E-state index in [0.29, 0.717) is 0 Å². The molecule has 2 N–H and O–H groups in total. The van der Waals surface area contributed by atoms with Gasteiger partial charge in [0.15, 0.2) is 5.69 Å². The molecule has 3 rings (SSSR count). The molecular formula is C22H26F3N5O4. The van der Waals surface area contributed by atoms with Crippen molar-refractivity contribution in [1.82, 2.24) is 25.2 Å². The van der Waals surface area contributed by atoms with Crippen molar-refractivity contribution in [2.45, 2.75) is 51.6 Å². The molecule has 0 saturated carbocycles. The molecule has 1 aromatic carbocycles. The van der Waals surface area contributed by atoms with E-state index in [2.05, 4.69) is 15.6 Å². The van der Waals surface area contributed by atoms with Gasteiger partial charge in [-0.2, -0.15) is 13.2 Å². The number of nitrogens with one attached hydrogen (secondary N) is 1. The molecule has 3 atom stereocenters. The van der Waals surface area contributed by atoms with Gasteiger partial charge in [-0.3, -0.25) is 14.4 Å². The minimum atomic E-state index is -4.61. The number of aliphatic hydroxyl groups excluding tert-OH is 1. The molecule has 1 aliphatic heterocycles. The highest BCUT2D eigenvalue weighted by Crippen LogP contribution is 2.34. The van der Waals surface area contributed by atoms with Crippen molar-refractivity contribution in [2.75, 3.05) is 13.6 Å². The standard InChI is InChI=1S/C22H26F3N5O4/c1-21(2,3)18(20(34)29-10-14(31)9-16(29)19(33)26-4)30-11-15(27-28-30)17(32)12-6-5-7-13(8-12)22(23,24)25/h5-8,11,14,16,18,31H,9-10H2,1-4H3,(H,26,33)/t14?,16-,18?/m1/s1. The molecule has 2 heterocycles. The zero-order chi connectivity index (χ0) is 25.4. The SMILES string of the molecule is CNC(=O)[C@H]1CC(O)CN1C(=O)C(n1cc(C(=O)c2cccc(C(F)(F)F)c2)nn1)C(C)(C)C. The summed E-state index contributed by atoms with van der Waals surface area (Å²) >= 11 is 0. The van der Waals surface area contributed by atoms with Crippen molar-refractivity contribution in [3.63, 3.8) is 0 Å². The van der Waals surface area contributed by atoms with E-state index >= 15 is 0 Å². The van der Waals surface area contributed by atoms with Crippen LogP contribution in [-0.2, 0) is 15.8 Å². The van der Waals surface area contributed by atoms with Gasteiger partial charge in [0.25, 0.3) is 0 Å². The molecule has 0 aliphatic carbocycles. The third kappa shape index (κ3) is 5.11. The lowest BCUT2D eigenvalue weighted by atomic mass is 9.85. The van der Waals surface area contributed by atoms with E-state index in [0.717, 1.165) is 18.2 Å². The number of aromatic nitrogens is 3. The van der Waals surface area contributed by atoms with Crippen molar-refractivity contribution in [1.29, 1.82) is 0 Å². The van der Waals surface area contributed by atoms with Gasteiger partial charge < -0.3 is 15.3 Å². The van der Waals surface area contributed by atoms with Crippen LogP contribution in [0.15, 0.2) is 30.5 Å². The summed E-state index contributed by atoms with van der Waals surface area (Å²) in [7, 11) is 1.43. The highest BCUT2D eigenvalue weighted by molar-refractivity contribution is 6.07. The predicted octanol–water partition coefficient (Wildman–Crippen LogP) is 1.82. The van der Waals surface area contributed by atoms with Gasteiger partial charge in [0.2, 0.25) is 17.6 Å². The number of aliphatic hydroxyl groups is 1. The largest absolute Gasteiger partial charge is 0.416 e. The second kappa shape index (κ2) is 9.16. The van der Waals surface area contributed by atoms with Crippen LogP contribution in [0.1, 0.15) is 54.8 Å². The predicted molar refractivity (Wildman–Crippen MR) is 114 cm³/mol. The number of hydrogen-bond acceptors (Lipinski definition) is 6. The van der Waals surface area contributed by atoms with Gasteiger partial charge >= 0.3 is 6.18 Å². The zero-order valence-corrected chi connectivity index (χ0v) is 19.1. The number of hydrogen-bond donors (Lipinski definition) is 2. The molecule has 0 radical (unpaired) electrons. The highest BCUT2D eigenvalue weighted by Gasteiger charge is 2.45. The summed E-state index contributed by atoms with van der Waals surface area (Å²) in [6, 6.07) is 2.08. The van der Waals surface area contributed by atoms with Crippen LogP contribution >= 0.6 is 0 Å². The third-order valence-corrected chi connectivity index (χ3v) is 5.62. The number of carbonyl (C=O) groups is 3. The molecule has 34 heavy (non-hydrogen) atoms. The molecule has 2 aromatic rings. The summed E-state index contributed by atoms with van der Waals surface area (Å²) in [6.07, 6.45) is -4.20. The number of benzene rings is 1. The molecule has 1 saturated heterocycles. The molecule has 2 unspecified atom stereocenters. The summed E-state index contributed by atoms with van der Waals surface area (Å²) in [4.78, 5) is 39.8. The number of likely N-dealkylation sites (N-methyl/N-ethyl adjacent to an activating group) is 1. The van der Waals surface area contributed by atoms with Crippen LogP contribution in [0.4, 0.5) is 13.2 Å². The minimum Gasteiger partial charge on any atom is -0.391 e. The number of carbonyl (C=O) groups excluding carboxylic acids is 3. The molecule has 184 valence electrons. The fourth-order valence-corrected chi connectivity index (χ4v) is 4.00. The van der Waals surface area contributed by atoms with Crippen LogP contribution in [0.5, 0.6) is 0 Å². The van der Waals surface area contributed by atoms with Gasteiger partial charge in [0.05, 0.1) is 17.9 Å². The van der Waals surface area contributed by atoms with Crippen LogP contribution in [0.3, 0.4) is 0 Å². The fraction of sp³-hybridized carbons (Fsp3) is 0.500. The number of halogens is 3. The summed E-state index contributed by atoms with van der Waals surface area (Å²) in [5.74, 6) is -1.70. The van der Waals surface area contributed by atoms with Crippen LogP contribution in [0.2, 0.25) is 0 Å². The molecule has 2 amide bonds. The van der Waals surface area contributed by atoms with E-state index in [1.807, 2.05) is 0 Å². The summed E-state index contributed by atoms with van der Waals surface area (Å²) < 4.78 is 40.2. The smallest absolute Gasteiger partial charge is 0.391 e. The summed E-state index contributed by atoms with van der Waals surface area (Å²) in [5.41, 5.74) is -2.17. The van der Waals surface area contributed by atoms with E-state index in [4.69, 9.17) is 0 Å². The van der Waals surface area contributed by atoms with Gasteiger partial charge in [-0.25, -0.2) is 4.68 Å². The maximum absolute atomic E-state index is 13.5. The Morgan fingerprint density at radius 3 is 2.47 bits per heavy atom. The Hall–Kier alpha value is -3.28. The first-order valence-corrected chi connectivity index (χ1v) is 10.6. The first-order valence-electron chi connectivity index (χ1n) is 10.6. The maximum atomic E-state index is 13.5. The van der Waals surface area contributed by atoms with Crippen molar-refractivity contribution in [3.8, 4) is 0 Å². The third-order valence-electron chi connectivity index (χ3n) is 5.62. The Bertz CT molecular complexity index is 1090. The van der Waals surface area contributed by atoms with E-state index < -0.39 is 52.9 Å². The maximum Gasteiger partial charge on any atom is 0.416 e. The van der Waals surface area contributed by atoms with E-state index in [1.54, 1.807) is 20.8 Å². The van der Waals surface area contributed by atoms with Gasteiger partial charge in [-0.15, -0.1) is 5.10 Å². The van der Waals surface area contributed by atoms with Crippen molar-refractivity contribution in [3.05, 3.63) is 47.3 Å². The van der Waals surface area contributed by atoms with Crippen LogP contribution in [-0.4, -0.2) is 68.3 Å². The Morgan fingerprint density at radius 2 is 1.88 bits per heavy atom. The van der Waals surface area contributed by atoms with E-state index in [-0.39, 0.29) is 24.2 Å². The van der Waals surface area contributed by atoms with Gasteiger partial charge in [0.1, 0.15) is 12.1 Å². The molecule has 9 nitrogen and oxygen atoms in total. The second-order valence-electron chi connectivity index (χ2n) is 9.27. The zero-order valence-electron chi connectivity index (χ0n) is 19.1. The number of amides is 2. The average Bonchev–Trinajstić information content (AvgIpc) is 3.38. The molecule has 1 aromatic heterocycles. The van der Waals surface area contributed by atoms with Gasteiger partial charge in [0, 0.05) is 25.6 Å². The molecule has 0 spiro atoms. The lowest BCUT2D eigenvalue weighted by molar-refractivity contribution is -0.144. The van der Waals surface area contributed by atoms with Crippen LogP contribution < -0.4 is 5.32 Å². The number of β-amino-alcohol motifs (C(OH)–C–C–N with tert-alkyl or cyclic N) is 1.